The van der Waals surface area contributed by atoms with Crippen LogP contribution >= 0.6 is 11.6 Å². The van der Waals surface area contributed by atoms with Gasteiger partial charge in [0.2, 0.25) is 0 Å². The second-order valence-electron chi connectivity index (χ2n) is 9.20. The molecule has 2 N–H and O–H groups in total. The molecule has 2 aromatic rings. The summed E-state index contributed by atoms with van der Waals surface area (Å²) in [4.78, 5) is 25.4. The van der Waals surface area contributed by atoms with Crippen LogP contribution in [0.5, 0.6) is 5.75 Å². The van der Waals surface area contributed by atoms with Crippen LogP contribution in [0.15, 0.2) is 24.3 Å². The SMILES string of the molecule is Cc1cc(C(=O)NC23CCC(NC(=O)COc4ccc(Cl)c(F)c4)(CC2)C(C)C3)nn1C. The molecule has 5 rings (SSSR count). The van der Waals surface area contributed by atoms with Crippen molar-refractivity contribution in [3.63, 3.8) is 0 Å². The molecule has 0 radical (unpaired) electrons. The predicted molar refractivity (Wildman–Crippen MR) is 118 cm³/mol. The molecule has 3 saturated carbocycles. The number of benzene rings is 1. The Morgan fingerprint density at radius 1 is 1.25 bits per heavy atom. The number of nitrogens with zero attached hydrogens (tertiary/aromatic N) is 2. The fourth-order valence-electron chi connectivity index (χ4n) is 5.08. The molecule has 1 heterocycles. The average Bonchev–Trinajstić information content (AvgIpc) is 3.09. The number of fused-ring (bicyclic) bond motifs is 3. The number of aromatic nitrogens is 2. The summed E-state index contributed by atoms with van der Waals surface area (Å²) in [7, 11) is 1.82. The number of carbonyl (C=O) groups is 2. The van der Waals surface area contributed by atoms with Crippen molar-refractivity contribution in [2.45, 2.75) is 57.0 Å². The van der Waals surface area contributed by atoms with Gasteiger partial charge in [-0.25, -0.2) is 4.39 Å². The molecule has 0 spiro atoms. The molecule has 2 amide bonds. The molecule has 0 aliphatic heterocycles. The Labute approximate surface area is 191 Å². The quantitative estimate of drug-likeness (QED) is 0.687. The van der Waals surface area contributed by atoms with E-state index in [1.807, 2.05) is 14.0 Å². The Morgan fingerprint density at radius 2 is 1.97 bits per heavy atom. The highest BCUT2D eigenvalue weighted by Gasteiger charge is 2.54. The average molecular weight is 463 g/mol. The zero-order valence-corrected chi connectivity index (χ0v) is 19.3. The molecule has 172 valence electrons. The van der Waals surface area contributed by atoms with E-state index in [1.165, 1.54) is 12.1 Å². The lowest BCUT2D eigenvalue weighted by Gasteiger charge is -2.57. The van der Waals surface area contributed by atoms with Crippen LogP contribution in [0.1, 0.15) is 55.2 Å². The maximum Gasteiger partial charge on any atom is 0.272 e. The zero-order chi connectivity index (χ0) is 23.1. The van der Waals surface area contributed by atoms with E-state index in [-0.39, 0.29) is 46.2 Å². The van der Waals surface area contributed by atoms with E-state index < -0.39 is 5.82 Å². The lowest BCUT2D eigenvalue weighted by Crippen LogP contribution is -2.67. The fraction of sp³-hybridized carbons (Fsp3) is 0.522. The third-order valence-electron chi connectivity index (χ3n) is 7.11. The highest BCUT2D eigenvalue weighted by Crippen LogP contribution is 2.50. The van der Waals surface area contributed by atoms with Crippen molar-refractivity contribution < 1.29 is 18.7 Å². The highest BCUT2D eigenvalue weighted by atomic mass is 35.5. The van der Waals surface area contributed by atoms with Crippen molar-refractivity contribution in [1.82, 2.24) is 20.4 Å². The Bertz CT molecular complexity index is 1030. The van der Waals surface area contributed by atoms with Crippen molar-refractivity contribution in [3.8, 4) is 5.75 Å². The summed E-state index contributed by atoms with van der Waals surface area (Å²) < 4.78 is 20.7. The minimum Gasteiger partial charge on any atom is -0.484 e. The van der Waals surface area contributed by atoms with E-state index in [2.05, 4.69) is 22.7 Å². The third kappa shape index (κ3) is 4.33. The molecule has 0 saturated heterocycles. The number of carbonyl (C=O) groups excluding carboxylic acids is 2. The summed E-state index contributed by atoms with van der Waals surface area (Å²) in [6, 6.07) is 5.88. The summed E-state index contributed by atoms with van der Waals surface area (Å²) in [6.45, 7) is 3.83. The molecule has 3 fully saturated rings. The largest absolute Gasteiger partial charge is 0.484 e. The molecule has 1 aromatic heterocycles. The van der Waals surface area contributed by atoms with Crippen LogP contribution < -0.4 is 15.4 Å². The fourth-order valence-corrected chi connectivity index (χ4v) is 5.20. The Morgan fingerprint density at radius 3 is 2.56 bits per heavy atom. The van der Waals surface area contributed by atoms with Gasteiger partial charge in [0.25, 0.3) is 11.8 Å². The van der Waals surface area contributed by atoms with Gasteiger partial charge in [-0.05, 0) is 63.1 Å². The molecule has 9 heteroatoms. The lowest BCUT2D eigenvalue weighted by molar-refractivity contribution is -0.128. The third-order valence-corrected chi connectivity index (χ3v) is 7.42. The molecule has 1 unspecified atom stereocenters. The van der Waals surface area contributed by atoms with E-state index in [0.717, 1.165) is 43.9 Å². The van der Waals surface area contributed by atoms with Gasteiger partial charge in [0.1, 0.15) is 17.3 Å². The molecule has 1 atom stereocenters. The molecule has 1 aromatic carbocycles. The molecule has 3 aliphatic carbocycles. The monoisotopic (exact) mass is 462 g/mol. The van der Waals surface area contributed by atoms with Crippen LogP contribution in [0.25, 0.3) is 0 Å². The van der Waals surface area contributed by atoms with E-state index in [1.54, 1.807) is 10.7 Å². The number of aryl methyl sites for hydroxylation is 2. The maximum atomic E-state index is 13.6. The summed E-state index contributed by atoms with van der Waals surface area (Å²) in [5.74, 6) is -0.535. The standard InChI is InChI=1S/C23H28ClFN4O3/c1-14-12-22(27-21(31)19-10-15(2)29(3)28-19)6-8-23(14,9-7-22)26-20(30)13-32-16-4-5-17(24)18(25)11-16/h4-5,10-11,14H,6-9,12-13H2,1-3H3,(H,26,30)(H,27,31). The molecule has 32 heavy (non-hydrogen) atoms. The Hall–Kier alpha value is -2.61. The van der Waals surface area contributed by atoms with Gasteiger partial charge in [-0.2, -0.15) is 5.10 Å². The highest BCUT2D eigenvalue weighted by molar-refractivity contribution is 6.30. The first-order valence-corrected chi connectivity index (χ1v) is 11.2. The van der Waals surface area contributed by atoms with Crippen molar-refractivity contribution >= 4 is 23.4 Å². The van der Waals surface area contributed by atoms with Gasteiger partial charge in [0, 0.05) is 29.9 Å². The number of hydrogen-bond acceptors (Lipinski definition) is 4. The number of nitrogens with one attached hydrogen (secondary N) is 2. The van der Waals surface area contributed by atoms with Gasteiger partial charge in [0.15, 0.2) is 6.61 Å². The van der Waals surface area contributed by atoms with Crippen molar-refractivity contribution in [2.24, 2.45) is 13.0 Å². The Kier molecular flexibility index (Phi) is 5.92. The van der Waals surface area contributed by atoms with Crippen LogP contribution in [0.4, 0.5) is 4.39 Å². The molecule has 2 bridgehead atoms. The van der Waals surface area contributed by atoms with Gasteiger partial charge in [-0.1, -0.05) is 18.5 Å². The number of ether oxygens (including phenoxy) is 1. The summed E-state index contributed by atoms with van der Waals surface area (Å²) in [6.07, 6.45) is 3.92. The predicted octanol–water partition coefficient (Wildman–Crippen LogP) is 3.54. The van der Waals surface area contributed by atoms with Crippen LogP contribution in [-0.2, 0) is 11.8 Å². The molecular formula is C23H28ClFN4O3. The maximum absolute atomic E-state index is 13.6. The smallest absolute Gasteiger partial charge is 0.272 e. The Balaban J connectivity index is 1.35. The number of halogens is 2. The van der Waals surface area contributed by atoms with E-state index >= 15 is 0 Å². The van der Waals surface area contributed by atoms with Gasteiger partial charge < -0.3 is 15.4 Å². The van der Waals surface area contributed by atoms with Gasteiger partial charge >= 0.3 is 0 Å². The van der Waals surface area contributed by atoms with Gasteiger partial charge in [0.05, 0.1) is 5.02 Å². The first kappa shape index (κ1) is 22.6. The summed E-state index contributed by atoms with van der Waals surface area (Å²) >= 11 is 5.67. The van der Waals surface area contributed by atoms with Crippen molar-refractivity contribution in [2.75, 3.05) is 6.61 Å². The first-order chi connectivity index (χ1) is 15.1. The molecule has 7 nitrogen and oxygen atoms in total. The number of rotatable bonds is 6. The molecule has 3 aliphatic rings. The summed E-state index contributed by atoms with van der Waals surface area (Å²) in [5.41, 5.74) is 0.767. The minimum atomic E-state index is -0.587. The normalized spacial score (nSPS) is 26.6. The number of hydrogen-bond donors (Lipinski definition) is 2. The topological polar surface area (TPSA) is 85.2 Å². The number of amides is 2. The van der Waals surface area contributed by atoms with Gasteiger partial charge in [-0.3, -0.25) is 14.3 Å². The van der Waals surface area contributed by atoms with Gasteiger partial charge in [-0.15, -0.1) is 0 Å². The van der Waals surface area contributed by atoms with Crippen molar-refractivity contribution in [3.05, 3.63) is 46.5 Å². The van der Waals surface area contributed by atoms with Crippen molar-refractivity contribution in [1.29, 1.82) is 0 Å². The second-order valence-corrected chi connectivity index (χ2v) is 9.61. The zero-order valence-electron chi connectivity index (χ0n) is 18.5. The minimum absolute atomic E-state index is 0.00711. The second kappa shape index (κ2) is 8.39. The van der Waals surface area contributed by atoms with Crippen LogP contribution in [-0.4, -0.2) is 39.3 Å². The van der Waals surface area contributed by atoms with Crippen LogP contribution in [0.3, 0.4) is 0 Å². The van der Waals surface area contributed by atoms with Crippen LogP contribution in [0.2, 0.25) is 5.02 Å². The molecular weight excluding hydrogens is 435 g/mol. The summed E-state index contributed by atoms with van der Waals surface area (Å²) in [5, 5.41) is 10.7. The first-order valence-electron chi connectivity index (χ1n) is 10.8. The lowest BCUT2D eigenvalue weighted by atomic mass is 9.56. The van der Waals surface area contributed by atoms with Crippen LogP contribution in [0, 0.1) is 18.7 Å². The van der Waals surface area contributed by atoms with E-state index in [0.29, 0.717) is 5.69 Å². The van der Waals surface area contributed by atoms with E-state index in [9.17, 15) is 14.0 Å². The van der Waals surface area contributed by atoms with E-state index in [4.69, 9.17) is 16.3 Å².